The molecule has 46 heavy (non-hydrogen) atoms. The van der Waals surface area contributed by atoms with E-state index in [1.54, 1.807) is 13.3 Å². The second-order valence-electron chi connectivity index (χ2n) is 12.4. The summed E-state index contributed by atoms with van der Waals surface area (Å²) < 4.78 is 0. The molecule has 0 saturated carbocycles. The number of rotatable bonds is 14. The van der Waals surface area contributed by atoms with Gasteiger partial charge < -0.3 is 25.7 Å². The number of hydrogen-bond donors (Lipinski definition) is 4. The van der Waals surface area contributed by atoms with Gasteiger partial charge in [0.1, 0.15) is 29.6 Å². The van der Waals surface area contributed by atoms with Crippen molar-refractivity contribution in [3.63, 3.8) is 0 Å². The fraction of sp³-hybridized carbons (Fsp3) is 0.417. The first kappa shape index (κ1) is 32.8. The zero-order valence-corrected chi connectivity index (χ0v) is 27.0. The van der Waals surface area contributed by atoms with Crippen molar-refractivity contribution in [1.82, 2.24) is 25.2 Å². The third-order valence-corrected chi connectivity index (χ3v) is 8.77. The number of anilines is 2. The van der Waals surface area contributed by atoms with Gasteiger partial charge in [0.25, 0.3) is 0 Å². The molecule has 0 spiro atoms. The van der Waals surface area contributed by atoms with Crippen LogP contribution in [0.25, 0.3) is 22.3 Å². The van der Waals surface area contributed by atoms with Crippen LogP contribution in [0.1, 0.15) is 76.8 Å². The van der Waals surface area contributed by atoms with Crippen LogP contribution in [0.4, 0.5) is 11.5 Å². The number of amides is 2. The molecule has 2 unspecified atom stereocenters. The van der Waals surface area contributed by atoms with E-state index in [-0.39, 0.29) is 29.7 Å². The minimum absolute atomic E-state index is 0.0678. The Morgan fingerprint density at radius 3 is 2.52 bits per heavy atom. The first-order valence-electron chi connectivity index (χ1n) is 16.3. The van der Waals surface area contributed by atoms with Crippen LogP contribution in [0.5, 0.6) is 0 Å². The number of nitrogens with zero attached hydrogens (tertiary/aromatic N) is 3. The van der Waals surface area contributed by atoms with Gasteiger partial charge in [0.05, 0.1) is 11.4 Å². The molecule has 0 aliphatic carbocycles. The molecule has 1 saturated heterocycles. The Kier molecular flexibility index (Phi) is 11.1. The summed E-state index contributed by atoms with van der Waals surface area (Å²) in [4.78, 5) is 52.4. The maximum Gasteiger partial charge on any atom is 0.246 e. The van der Waals surface area contributed by atoms with E-state index in [0.717, 1.165) is 73.2 Å². The van der Waals surface area contributed by atoms with Crippen molar-refractivity contribution >= 4 is 40.1 Å². The van der Waals surface area contributed by atoms with Gasteiger partial charge in [0, 0.05) is 23.8 Å². The fourth-order valence-corrected chi connectivity index (χ4v) is 6.05. The van der Waals surface area contributed by atoms with E-state index < -0.39 is 6.04 Å². The Hall–Kier alpha value is -4.57. The van der Waals surface area contributed by atoms with Crippen LogP contribution in [0, 0.1) is 0 Å². The topological polar surface area (TPSA) is 132 Å². The van der Waals surface area contributed by atoms with E-state index in [4.69, 9.17) is 0 Å². The molecule has 0 radical (unpaired) electrons. The first-order chi connectivity index (χ1) is 22.3. The van der Waals surface area contributed by atoms with Crippen LogP contribution >= 0.6 is 0 Å². The lowest BCUT2D eigenvalue weighted by Crippen LogP contribution is -2.53. The number of piperidine rings is 1. The average Bonchev–Trinajstić information content (AvgIpc) is 3.50. The summed E-state index contributed by atoms with van der Waals surface area (Å²) in [5.74, 6) is 0.577. The zero-order valence-electron chi connectivity index (χ0n) is 27.0. The SMILES string of the molecule is CC(=O)CCCCC[C@H](NC(=O)C1CCCCN1C)C(=O)Nc1ccc(-c2cc3c(NC(C)c4ccccc4)ncnc3[nH]2)cc1. The Balaban J connectivity index is 1.25. The number of likely N-dealkylation sites (N-methyl/N-ethyl adjacent to an activating group) is 1. The second kappa shape index (κ2) is 15.6. The minimum Gasteiger partial charge on any atom is -0.363 e. The van der Waals surface area contributed by atoms with E-state index in [1.165, 1.54) is 5.56 Å². The van der Waals surface area contributed by atoms with Crippen molar-refractivity contribution in [3.8, 4) is 11.3 Å². The molecular formula is C36H45N7O3. The highest BCUT2D eigenvalue weighted by Gasteiger charge is 2.29. The minimum atomic E-state index is -0.656. The highest BCUT2D eigenvalue weighted by Crippen LogP contribution is 2.29. The second-order valence-corrected chi connectivity index (χ2v) is 12.4. The molecule has 242 valence electrons. The monoisotopic (exact) mass is 623 g/mol. The number of nitrogens with one attached hydrogen (secondary N) is 4. The number of unbranched alkanes of at least 4 members (excludes halogenated alkanes) is 2. The van der Waals surface area contributed by atoms with E-state index in [1.807, 2.05) is 55.6 Å². The van der Waals surface area contributed by atoms with Crippen molar-refractivity contribution < 1.29 is 14.4 Å². The number of fused-ring (bicyclic) bond motifs is 1. The number of Topliss-reactive ketones (excluding diaryl/α,β-unsaturated/α-hetero) is 1. The Morgan fingerprint density at radius 2 is 1.78 bits per heavy atom. The number of carbonyl (C=O) groups is 3. The Morgan fingerprint density at radius 1 is 1.00 bits per heavy atom. The quantitative estimate of drug-likeness (QED) is 0.122. The lowest BCUT2D eigenvalue weighted by molar-refractivity contribution is -0.131. The number of hydrogen-bond acceptors (Lipinski definition) is 7. The van der Waals surface area contributed by atoms with Gasteiger partial charge in [0.2, 0.25) is 11.8 Å². The molecule has 2 amide bonds. The van der Waals surface area contributed by atoms with Crippen molar-refractivity contribution in [3.05, 3.63) is 72.6 Å². The molecule has 2 aromatic heterocycles. The highest BCUT2D eigenvalue weighted by atomic mass is 16.2. The highest BCUT2D eigenvalue weighted by molar-refractivity contribution is 5.98. The van der Waals surface area contributed by atoms with Crippen LogP contribution in [-0.4, -0.2) is 63.1 Å². The van der Waals surface area contributed by atoms with Gasteiger partial charge in [-0.1, -0.05) is 61.7 Å². The number of H-pyrrole nitrogens is 1. The van der Waals surface area contributed by atoms with Gasteiger partial charge in [0.15, 0.2) is 0 Å². The normalized spacial score (nSPS) is 16.5. The molecule has 1 fully saturated rings. The van der Waals surface area contributed by atoms with Gasteiger partial charge in [-0.15, -0.1) is 0 Å². The first-order valence-corrected chi connectivity index (χ1v) is 16.3. The lowest BCUT2D eigenvalue weighted by atomic mass is 10.0. The van der Waals surface area contributed by atoms with E-state index in [0.29, 0.717) is 18.5 Å². The summed E-state index contributed by atoms with van der Waals surface area (Å²) in [5.41, 5.74) is 4.37. The van der Waals surface area contributed by atoms with Crippen molar-refractivity contribution in [2.75, 3.05) is 24.2 Å². The van der Waals surface area contributed by atoms with Gasteiger partial charge in [-0.2, -0.15) is 0 Å². The molecule has 10 heteroatoms. The summed E-state index contributed by atoms with van der Waals surface area (Å²) in [7, 11) is 1.96. The van der Waals surface area contributed by atoms with Gasteiger partial charge in [-0.05, 0) is 82.4 Å². The smallest absolute Gasteiger partial charge is 0.246 e. The zero-order chi connectivity index (χ0) is 32.5. The maximum atomic E-state index is 13.5. The molecule has 2 aromatic carbocycles. The molecule has 4 aromatic rings. The summed E-state index contributed by atoms with van der Waals surface area (Å²) >= 11 is 0. The molecule has 5 rings (SSSR count). The summed E-state index contributed by atoms with van der Waals surface area (Å²) in [6.07, 6.45) is 7.83. The van der Waals surface area contributed by atoms with Crippen molar-refractivity contribution in [2.45, 2.75) is 83.3 Å². The van der Waals surface area contributed by atoms with Crippen LogP contribution in [0.15, 0.2) is 67.0 Å². The molecule has 1 aliphatic heterocycles. The van der Waals surface area contributed by atoms with Crippen LogP contribution in [0.3, 0.4) is 0 Å². The summed E-state index contributed by atoms with van der Waals surface area (Å²) in [6, 6.07) is 19.0. The molecule has 3 heterocycles. The number of aromatic amines is 1. The molecule has 4 N–H and O–H groups in total. The predicted octanol–water partition coefficient (Wildman–Crippen LogP) is 6.25. The molecule has 1 aliphatic rings. The van der Waals surface area contributed by atoms with E-state index >= 15 is 0 Å². The number of ketones is 1. The number of likely N-dealkylation sites (tertiary alicyclic amines) is 1. The molecule has 3 atom stereocenters. The van der Waals surface area contributed by atoms with E-state index in [2.05, 4.69) is 54.9 Å². The van der Waals surface area contributed by atoms with Crippen molar-refractivity contribution in [2.24, 2.45) is 0 Å². The predicted molar refractivity (Wildman–Crippen MR) is 182 cm³/mol. The van der Waals surface area contributed by atoms with Crippen LogP contribution in [-0.2, 0) is 14.4 Å². The van der Waals surface area contributed by atoms with E-state index in [9.17, 15) is 14.4 Å². The Labute approximate surface area is 270 Å². The van der Waals surface area contributed by atoms with Crippen LogP contribution in [0.2, 0.25) is 0 Å². The molecule has 0 bridgehead atoms. The van der Waals surface area contributed by atoms with Crippen molar-refractivity contribution in [1.29, 1.82) is 0 Å². The third-order valence-electron chi connectivity index (χ3n) is 8.77. The molecular weight excluding hydrogens is 578 g/mol. The Bertz CT molecular complexity index is 1620. The number of carbonyl (C=O) groups excluding carboxylic acids is 3. The summed E-state index contributed by atoms with van der Waals surface area (Å²) in [5, 5.41) is 10.4. The fourth-order valence-electron chi connectivity index (χ4n) is 6.05. The lowest BCUT2D eigenvalue weighted by Gasteiger charge is -2.32. The van der Waals surface area contributed by atoms with Gasteiger partial charge >= 0.3 is 0 Å². The maximum absolute atomic E-state index is 13.5. The van der Waals surface area contributed by atoms with Gasteiger partial charge in [-0.25, -0.2) is 9.97 Å². The number of aromatic nitrogens is 3. The standard InChI is InChI=1S/C36H45N7O3/c1-24(44)12-6-4-9-15-30(42-36(46)32-16-10-11-21-43(32)3)35(45)40-28-19-17-27(18-20-28)31-22-29-33(37-23-38-34(29)41-31)39-25(2)26-13-7-5-8-14-26/h5,7-8,13-14,17-20,22-23,25,30,32H,4,6,9-12,15-16,21H2,1-3H3,(H,40,45)(H,42,46)(H2,37,38,39,41)/t25?,30-,32?/m0/s1. The van der Waals surface area contributed by atoms with Crippen LogP contribution < -0.4 is 16.0 Å². The summed E-state index contributed by atoms with van der Waals surface area (Å²) in [6.45, 7) is 4.57. The average molecular weight is 624 g/mol. The van der Waals surface area contributed by atoms with Gasteiger partial charge in [-0.3, -0.25) is 14.5 Å². The largest absolute Gasteiger partial charge is 0.363 e. The number of benzene rings is 2. The third kappa shape index (κ3) is 8.57. The molecule has 10 nitrogen and oxygen atoms in total.